The topological polar surface area (TPSA) is 46.5 Å². The Labute approximate surface area is 123 Å². The van der Waals surface area contributed by atoms with Crippen LogP contribution in [0.25, 0.3) is 0 Å². The van der Waals surface area contributed by atoms with Crippen molar-refractivity contribution in [2.24, 2.45) is 0 Å². The van der Waals surface area contributed by atoms with E-state index in [9.17, 15) is 9.90 Å². The maximum absolute atomic E-state index is 11.6. The van der Waals surface area contributed by atoms with Gasteiger partial charge in [-0.1, -0.05) is 18.6 Å². The molecule has 2 aliphatic rings. The van der Waals surface area contributed by atoms with Crippen molar-refractivity contribution in [3.05, 3.63) is 29.8 Å². The number of hydrogen-bond acceptors (Lipinski definition) is 3. The van der Waals surface area contributed by atoms with Gasteiger partial charge < -0.3 is 9.84 Å². The third kappa shape index (κ3) is 2.53. The molecule has 3 nitrogen and oxygen atoms in total. The van der Waals surface area contributed by atoms with Gasteiger partial charge in [-0.2, -0.15) is 11.8 Å². The summed E-state index contributed by atoms with van der Waals surface area (Å²) in [6.45, 7) is 0. The van der Waals surface area contributed by atoms with E-state index in [1.165, 1.54) is 12.2 Å². The molecule has 1 aromatic carbocycles. The highest BCUT2D eigenvalue weighted by Crippen LogP contribution is 2.44. The maximum Gasteiger partial charge on any atom is 0.314 e. The number of hydrogen-bond donors (Lipinski definition) is 1. The molecule has 3 rings (SSSR count). The summed E-state index contributed by atoms with van der Waals surface area (Å²) < 4.78 is 6.03. The standard InChI is InChI=1S/C16H20O3S/c17-15(18)16(7-3-8-16)12-4-1-5-13(10-12)19-14-6-2-9-20-11-14/h1,4-5,10,14H,2-3,6-9,11H2,(H,17,18). The predicted octanol–water partition coefficient (Wildman–Crippen LogP) is 3.47. The number of ether oxygens (including phenoxy) is 1. The fourth-order valence-corrected chi connectivity index (χ4v) is 4.06. The summed E-state index contributed by atoms with van der Waals surface area (Å²) in [5.41, 5.74) is 0.234. The minimum Gasteiger partial charge on any atom is -0.490 e. The van der Waals surface area contributed by atoms with Gasteiger partial charge in [0.05, 0.1) is 5.41 Å². The Kier molecular flexibility index (Phi) is 3.92. The molecule has 1 aromatic rings. The van der Waals surface area contributed by atoms with E-state index in [4.69, 9.17) is 4.74 Å². The van der Waals surface area contributed by atoms with E-state index in [2.05, 4.69) is 0 Å². The van der Waals surface area contributed by atoms with Crippen LogP contribution in [0, 0.1) is 0 Å². The molecule has 0 aromatic heterocycles. The molecule has 1 aliphatic heterocycles. The van der Waals surface area contributed by atoms with Crippen molar-refractivity contribution in [3.8, 4) is 5.75 Å². The number of thioether (sulfide) groups is 1. The fraction of sp³-hybridized carbons (Fsp3) is 0.562. The lowest BCUT2D eigenvalue weighted by molar-refractivity contribution is -0.147. The highest BCUT2D eigenvalue weighted by atomic mass is 32.2. The predicted molar refractivity (Wildman–Crippen MR) is 80.6 cm³/mol. The van der Waals surface area contributed by atoms with Crippen molar-refractivity contribution in [2.75, 3.05) is 11.5 Å². The zero-order valence-corrected chi connectivity index (χ0v) is 12.3. The minimum atomic E-state index is -0.700. The summed E-state index contributed by atoms with van der Waals surface area (Å²) in [4.78, 5) is 11.6. The fourth-order valence-electron chi connectivity index (χ4n) is 3.02. The van der Waals surface area contributed by atoms with Gasteiger partial charge in [-0.25, -0.2) is 0 Å². The zero-order valence-electron chi connectivity index (χ0n) is 11.5. The van der Waals surface area contributed by atoms with Crippen LogP contribution >= 0.6 is 11.8 Å². The first-order chi connectivity index (χ1) is 9.71. The van der Waals surface area contributed by atoms with Crippen LogP contribution in [0.15, 0.2) is 24.3 Å². The molecular weight excluding hydrogens is 272 g/mol. The average Bonchev–Trinajstić information content (AvgIpc) is 2.38. The monoisotopic (exact) mass is 292 g/mol. The third-order valence-corrected chi connectivity index (χ3v) is 5.61. The van der Waals surface area contributed by atoms with Gasteiger partial charge in [0.2, 0.25) is 0 Å². The van der Waals surface area contributed by atoms with E-state index in [1.54, 1.807) is 0 Å². The van der Waals surface area contributed by atoms with E-state index in [0.29, 0.717) is 0 Å². The van der Waals surface area contributed by atoms with Crippen LogP contribution in [0.2, 0.25) is 0 Å². The van der Waals surface area contributed by atoms with Crippen molar-refractivity contribution < 1.29 is 14.6 Å². The van der Waals surface area contributed by atoms with Gasteiger partial charge in [-0.15, -0.1) is 0 Å². The van der Waals surface area contributed by atoms with Gasteiger partial charge in [0.1, 0.15) is 11.9 Å². The number of carboxylic acids is 1. The first-order valence-corrected chi connectivity index (χ1v) is 8.44. The second-order valence-electron chi connectivity index (χ2n) is 5.73. The SMILES string of the molecule is O=C(O)C1(c2cccc(OC3CCCSC3)c2)CCC1. The summed E-state index contributed by atoms with van der Waals surface area (Å²) in [7, 11) is 0. The summed E-state index contributed by atoms with van der Waals surface area (Å²) in [5, 5.41) is 9.51. The van der Waals surface area contributed by atoms with Gasteiger partial charge in [-0.05, 0) is 49.1 Å². The molecule has 0 spiro atoms. The van der Waals surface area contributed by atoms with Crippen molar-refractivity contribution in [1.29, 1.82) is 0 Å². The third-order valence-electron chi connectivity index (χ3n) is 4.42. The first kappa shape index (κ1) is 13.8. The molecule has 1 heterocycles. The van der Waals surface area contributed by atoms with Gasteiger partial charge in [0.15, 0.2) is 0 Å². The Morgan fingerprint density at radius 1 is 1.35 bits per heavy atom. The van der Waals surface area contributed by atoms with E-state index in [1.807, 2.05) is 36.0 Å². The summed E-state index contributed by atoms with van der Waals surface area (Å²) in [5.74, 6) is 2.38. The van der Waals surface area contributed by atoms with E-state index >= 15 is 0 Å². The van der Waals surface area contributed by atoms with Crippen LogP contribution in [-0.2, 0) is 10.2 Å². The Hall–Kier alpha value is -1.16. The smallest absolute Gasteiger partial charge is 0.314 e. The van der Waals surface area contributed by atoms with Crippen molar-refractivity contribution in [2.45, 2.75) is 43.6 Å². The molecule has 20 heavy (non-hydrogen) atoms. The summed E-state index contributed by atoms with van der Waals surface area (Å²) in [6, 6.07) is 7.73. The van der Waals surface area contributed by atoms with Gasteiger partial charge in [0, 0.05) is 5.75 Å². The molecule has 1 saturated carbocycles. The molecule has 1 atom stereocenters. The molecule has 1 N–H and O–H groups in total. The van der Waals surface area contributed by atoms with Crippen LogP contribution < -0.4 is 4.74 Å². The lowest BCUT2D eigenvalue weighted by Crippen LogP contribution is -2.42. The number of carboxylic acid groups (broad SMARTS) is 1. The van der Waals surface area contributed by atoms with Crippen LogP contribution in [0.4, 0.5) is 0 Å². The second kappa shape index (κ2) is 5.68. The Bertz CT molecular complexity index is 490. The van der Waals surface area contributed by atoms with Gasteiger partial charge in [0.25, 0.3) is 0 Å². The molecule has 1 aliphatic carbocycles. The molecule has 1 saturated heterocycles. The Morgan fingerprint density at radius 3 is 2.80 bits per heavy atom. The molecule has 1 unspecified atom stereocenters. The highest BCUT2D eigenvalue weighted by molar-refractivity contribution is 7.99. The zero-order chi connectivity index (χ0) is 14.0. The van der Waals surface area contributed by atoms with E-state index < -0.39 is 11.4 Å². The summed E-state index contributed by atoms with van der Waals surface area (Å²) >= 11 is 1.93. The number of benzene rings is 1. The maximum atomic E-state index is 11.6. The van der Waals surface area contributed by atoms with Crippen molar-refractivity contribution in [3.63, 3.8) is 0 Å². The molecule has 0 amide bonds. The van der Waals surface area contributed by atoms with Gasteiger partial charge >= 0.3 is 5.97 Å². The Morgan fingerprint density at radius 2 is 2.20 bits per heavy atom. The minimum absolute atomic E-state index is 0.270. The van der Waals surface area contributed by atoms with Crippen LogP contribution in [0.3, 0.4) is 0 Å². The molecule has 2 fully saturated rings. The van der Waals surface area contributed by atoms with Crippen molar-refractivity contribution in [1.82, 2.24) is 0 Å². The van der Waals surface area contributed by atoms with Crippen molar-refractivity contribution >= 4 is 17.7 Å². The largest absolute Gasteiger partial charge is 0.490 e. The quantitative estimate of drug-likeness (QED) is 0.923. The Balaban J connectivity index is 1.77. The lowest BCUT2D eigenvalue weighted by atomic mass is 9.64. The van der Waals surface area contributed by atoms with Crippen LogP contribution in [-0.4, -0.2) is 28.7 Å². The first-order valence-electron chi connectivity index (χ1n) is 7.29. The van der Waals surface area contributed by atoms with Crippen LogP contribution in [0.5, 0.6) is 5.75 Å². The van der Waals surface area contributed by atoms with Crippen LogP contribution in [0.1, 0.15) is 37.7 Å². The van der Waals surface area contributed by atoms with E-state index in [0.717, 1.165) is 42.7 Å². The molecular formula is C16H20O3S. The molecule has 0 bridgehead atoms. The molecule has 4 heteroatoms. The highest BCUT2D eigenvalue weighted by Gasteiger charge is 2.46. The number of rotatable bonds is 4. The molecule has 0 radical (unpaired) electrons. The normalized spacial score (nSPS) is 24.7. The summed E-state index contributed by atoms with van der Waals surface area (Å²) in [6.07, 6.45) is 5.05. The number of carbonyl (C=O) groups is 1. The second-order valence-corrected chi connectivity index (χ2v) is 6.88. The molecule has 108 valence electrons. The number of aliphatic carboxylic acids is 1. The van der Waals surface area contributed by atoms with Gasteiger partial charge in [-0.3, -0.25) is 4.79 Å². The average molecular weight is 292 g/mol. The van der Waals surface area contributed by atoms with E-state index in [-0.39, 0.29) is 6.10 Å². The lowest BCUT2D eigenvalue weighted by Gasteiger charge is -2.38.